The average molecular weight is 284 g/mol. The predicted octanol–water partition coefficient (Wildman–Crippen LogP) is 3.97. The second kappa shape index (κ2) is 5.52. The first kappa shape index (κ1) is 13.7. The van der Waals surface area contributed by atoms with E-state index in [-0.39, 0.29) is 0 Å². The molecule has 0 saturated heterocycles. The number of aromatic nitrogens is 1. The molecule has 0 aliphatic heterocycles. The minimum atomic E-state index is -4.29. The van der Waals surface area contributed by atoms with Crippen LogP contribution in [0.3, 0.4) is 0 Å². The van der Waals surface area contributed by atoms with Gasteiger partial charge in [-0.25, -0.2) is 4.98 Å². The number of thioether (sulfide) groups is 1. The number of anilines is 1. The molecule has 1 heterocycles. The highest BCUT2D eigenvalue weighted by molar-refractivity contribution is 7.98. The molecule has 0 saturated carbocycles. The number of rotatable bonds is 3. The summed E-state index contributed by atoms with van der Waals surface area (Å²) < 4.78 is 37.1. The molecule has 6 heteroatoms. The summed E-state index contributed by atoms with van der Waals surface area (Å²) in [5.74, 6) is 1.03. The minimum Gasteiger partial charge on any atom is -0.384 e. The number of benzene rings is 1. The minimum absolute atomic E-state index is 0.443. The van der Waals surface area contributed by atoms with Gasteiger partial charge in [-0.15, -0.1) is 11.8 Å². The van der Waals surface area contributed by atoms with Gasteiger partial charge >= 0.3 is 6.18 Å². The number of halogens is 3. The zero-order valence-corrected chi connectivity index (χ0v) is 10.6. The van der Waals surface area contributed by atoms with E-state index in [0.29, 0.717) is 11.6 Å². The Labute approximate surface area is 112 Å². The molecule has 0 atom stereocenters. The number of nitrogens with two attached hydrogens (primary N) is 1. The lowest BCUT2D eigenvalue weighted by Gasteiger charge is -2.07. The normalized spacial score (nSPS) is 11.5. The van der Waals surface area contributed by atoms with Crippen LogP contribution in [0.1, 0.15) is 11.1 Å². The molecule has 2 N–H and O–H groups in total. The van der Waals surface area contributed by atoms with Crippen LogP contribution in [0, 0.1) is 0 Å². The zero-order valence-electron chi connectivity index (χ0n) is 9.82. The Morgan fingerprint density at radius 3 is 2.26 bits per heavy atom. The van der Waals surface area contributed by atoms with Crippen LogP contribution in [0.15, 0.2) is 47.5 Å². The topological polar surface area (TPSA) is 38.9 Å². The largest absolute Gasteiger partial charge is 0.416 e. The summed E-state index contributed by atoms with van der Waals surface area (Å²) in [6.45, 7) is 0. The first-order valence-electron chi connectivity index (χ1n) is 5.45. The van der Waals surface area contributed by atoms with Gasteiger partial charge in [0.25, 0.3) is 0 Å². The summed E-state index contributed by atoms with van der Waals surface area (Å²) in [4.78, 5) is 4.87. The van der Waals surface area contributed by atoms with Crippen molar-refractivity contribution in [2.24, 2.45) is 0 Å². The van der Waals surface area contributed by atoms with Gasteiger partial charge in [0, 0.05) is 16.8 Å². The lowest BCUT2D eigenvalue weighted by atomic mass is 10.1. The highest BCUT2D eigenvalue weighted by atomic mass is 32.2. The molecule has 1 aromatic carbocycles. The molecule has 2 nitrogen and oxygen atoms in total. The summed E-state index contributed by atoms with van der Waals surface area (Å²) in [7, 11) is 0. The summed E-state index contributed by atoms with van der Waals surface area (Å²) in [6, 6.07) is 8.68. The third kappa shape index (κ3) is 3.89. The maximum Gasteiger partial charge on any atom is 0.416 e. The number of nitrogen functional groups attached to an aromatic ring is 1. The van der Waals surface area contributed by atoms with Gasteiger partial charge in [-0.2, -0.15) is 13.2 Å². The van der Waals surface area contributed by atoms with Gasteiger partial charge in [0.1, 0.15) is 5.82 Å². The summed E-state index contributed by atoms with van der Waals surface area (Å²) in [5, 5.41) is 0. The molecule has 0 spiro atoms. The van der Waals surface area contributed by atoms with Crippen LogP contribution in [0.25, 0.3) is 0 Å². The fourth-order valence-electron chi connectivity index (χ4n) is 1.43. The molecule has 0 fully saturated rings. The third-order valence-corrected chi connectivity index (χ3v) is 3.50. The van der Waals surface area contributed by atoms with Crippen molar-refractivity contribution in [1.82, 2.24) is 4.98 Å². The summed E-state index contributed by atoms with van der Waals surface area (Å²) in [6.07, 6.45) is -2.64. The Balaban J connectivity index is 1.98. The Morgan fingerprint density at radius 2 is 1.74 bits per heavy atom. The van der Waals surface area contributed by atoms with E-state index in [4.69, 9.17) is 5.73 Å². The van der Waals surface area contributed by atoms with Crippen molar-refractivity contribution in [2.75, 3.05) is 5.73 Å². The predicted molar refractivity (Wildman–Crippen MR) is 69.7 cm³/mol. The average Bonchev–Trinajstić information content (AvgIpc) is 2.37. The fraction of sp³-hybridized carbons (Fsp3) is 0.154. The zero-order chi connectivity index (χ0) is 13.9. The molecule has 2 aromatic rings. The van der Waals surface area contributed by atoms with Gasteiger partial charge in [-0.05, 0) is 29.8 Å². The van der Waals surface area contributed by atoms with Crippen LogP contribution in [0.4, 0.5) is 19.0 Å². The van der Waals surface area contributed by atoms with E-state index in [1.807, 2.05) is 6.07 Å². The van der Waals surface area contributed by atoms with Crippen LogP contribution in [-0.2, 0) is 11.9 Å². The maximum absolute atomic E-state index is 12.4. The smallest absolute Gasteiger partial charge is 0.384 e. The van der Waals surface area contributed by atoms with Crippen molar-refractivity contribution in [3.63, 3.8) is 0 Å². The Hall–Kier alpha value is -1.69. The van der Waals surface area contributed by atoms with Crippen LogP contribution in [0.2, 0.25) is 0 Å². The molecule has 0 amide bonds. The first-order chi connectivity index (χ1) is 8.95. The SMILES string of the molecule is Nc1ccc(SCc2ccc(C(F)(F)F)cc2)cn1. The van der Waals surface area contributed by atoms with Crippen molar-refractivity contribution in [3.05, 3.63) is 53.7 Å². The van der Waals surface area contributed by atoms with Crippen molar-refractivity contribution in [1.29, 1.82) is 0 Å². The van der Waals surface area contributed by atoms with Crippen LogP contribution < -0.4 is 5.73 Å². The molecule has 0 aliphatic carbocycles. The summed E-state index contributed by atoms with van der Waals surface area (Å²) >= 11 is 1.50. The Morgan fingerprint density at radius 1 is 1.05 bits per heavy atom. The molecule has 0 bridgehead atoms. The number of nitrogens with zero attached hydrogens (tertiary/aromatic N) is 1. The van der Waals surface area contributed by atoms with Crippen LogP contribution in [0.5, 0.6) is 0 Å². The fourth-order valence-corrected chi connectivity index (χ4v) is 2.25. The van der Waals surface area contributed by atoms with Gasteiger partial charge in [0.05, 0.1) is 5.56 Å². The van der Waals surface area contributed by atoms with Gasteiger partial charge in [-0.1, -0.05) is 12.1 Å². The Kier molecular flexibility index (Phi) is 3.99. The third-order valence-electron chi connectivity index (χ3n) is 2.45. The highest BCUT2D eigenvalue weighted by Crippen LogP contribution is 2.30. The van der Waals surface area contributed by atoms with E-state index in [9.17, 15) is 13.2 Å². The second-order valence-corrected chi connectivity index (χ2v) is 4.95. The van der Waals surface area contributed by atoms with Crippen molar-refractivity contribution >= 4 is 17.6 Å². The van der Waals surface area contributed by atoms with E-state index in [2.05, 4.69) is 4.98 Å². The first-order valence-corrected chi connectivity index (χ1v) is 6.44. The molecule has 0 unspecified atom stereocenters. The second-order valence-electron chi connectivity index (χ2n) is 3.90. The van der Waals surface area contributed by atoms with Crippen molar-refractivity contribution < 1.29 is 13.2 Å². The van der Waals surface area contributed by atoms with E-state index < -0.39 is 11.7 Å². The standard InChI is InChI=1S/C13H11F3N2S/c14-13(15,16)10-3-1-9(2-4-10)8-19-11-5-6-12(17)18-7-11/h1-7H,8H2,(H2,17,18). The van der Waals surface area contributed by atoms with E-state index in [0.717, 1.165) is 22.6 Å². The molecule has 1 aromatic heterocycles. The summed E-state index contributed by atoms with van der Waals surface area (Å²) in [5.41, 5.74) is 5.66. The molecule has 0 radical (unpaired) electrons. The monoisotopic (exact) mass is 284 g/mol. The van der Waals surface area contributed by atoms with Gasteiger partial charge < -0.3 is 5.73 Å². The number of hydrogen-bond donors (Lipinski definition) is 1. The maximum atomic E-state index is 12.4. The molecular weight excluding hydrogens is 273 g/mol. The van der Waals surface area contributed by atoms with Gasteiger partial charge in [0.15, 0.2) is 0 Å². The highest BCUT2D eigenvalue weighted by Gasteiger charge is 2.29. The molecule has 100 valence electrons. The van der Waals surface area contributed by atoms with Crippen molar-refractivity contribution in [2.45, 2.75) is 16.8 Å². The molecular formula is C13H11F3N2S. The van der Waals surface area contributed by atoms with Gasteiger partial charge in [0.2, 0.25) is 0 Å². The molecule has 2 rings (SSSR count). The van der Waals surface area contributed by atoms with Gasteiger partial charge in [-0.3, -0.25) is 0 Å². The van der Waals surface area contributed by atoms with E-state index >= 15 is 0 Å². The van der Waals surface area contributed by atoms with Crippen LogP contribution >= 0.6 is 11.8 Å². The number of alkyl halides is 3. The van der Waals surface area contributed by atoms with Crippen molar-refractivity contribution in [3.8, 4) is 0 Å². The quantitative estimate of drug-likeness (QED) is 0.867. The molecule has 19 heavy (non-hydrogen) atoms. The lowest BCUT2D eigenvalue weighted by molar-refractivity contribution is -0.137. The number of pyridine rings is 1. The van der Waals surface area contributed by atoms with Crippen LogP contribution in [-0.4, -0.2) is 4.98 Å². The van der Waals surface area contributed by atoms with E-state index in [1.54, 1.807) is 12.3 Å². The lowest BCUT2D eigenvalue weighted by Crippen LogP contribution is -2.04. The van der Waals surface area contributed by atoms with E-state index in [1.165, 1.54) is 23.9 Å². The number of hydrogen-bond acceptors (Lipinski definition) is 3. The molecule has 0 aliphatic rings. The Bertz CT molecular complexity index is 535.